The predicted octanol–water partition coefficient (Wildman–Crippen LogP) is 3.34. The zero-order chi connectivity index (χ0) is 17.4. The van der Waals surface area contributed by atoms with Crippen molar-refractivity contribution in [3.05, 3.63) is 66.0 Å². The summed E-state index contributed by atoms with van der Waals surface area (Å²) in [7, 11) is 0. The minimum atomic E-state index is -4.41. The lowest BCUT2D eigenvalue weighted by molar-refractivity contribution is -0.136. The van der Waals surface area contributed by atoms with Crippen LogP contribution in [0.3, 0.4) is 0 Å². The molecule has 2 heterocycles. The highest BCUT2D eigenvalue weighted by Crippen LogP contribution is 2.34. The molecule has 7 heteroatoms. The lowest BCUT2D eigenvalue weighted by atomic mass is 10.1. The first-order valence-electron chi connectivity index (χ1n) is 8.11. The molecule has 1 saturated heterocycles. The smallest absolute Gasteiger partial charge is 0.308 e. The highest BCUT2D eigenvalue weighted by atomic mass is 19.4. The number of imidazole rings is 1. The Morgan fingerprint density at radius 2 is 1.84 bits per heavy atom. The molecule has 0 aliphatic carbocycles. The molecular formula is C18H17F3N4. The normalized spacial score (nSPS) is 18.7. The van der Waals surface area contributed by atoms with Crippen molar-refractivity contribution >= 4 is 11.0 Å². The Hall–Kier alpha value is -2.54. The molecule has 4 rings (SSSR count). The van der Waals surface area contributed by atoms with E-state index in [0.717, 1.165) is 18.2 Å². The minimum absolute atomic E-state index is 0.00945. The van der Waals surface area contributed by atoms with E-state index in [1.54, 1.807) is 10.7 Å². The van der Waals surface area contributed by atoms with Crippen molar-refractivity contribution in [2.24, 2.45) is 0 Å². The van der Waals surface area contributed by atoms with Gasteiger partial charge in [0.25, 0.3) is 0 Å². The van der Waals surface area contributed by atoms with Crippen molar-refractivity contribution in [2.45, 2.75) is 12.2 Å². The minimum Gasteiger partial charge on any atom is -0.308 e. The van der Waals surface area contributed by atoms with Gasteiger partial charge in [-0.2, -0.15) is 13.2 Å². The van der Waals surface area contributed by atoms with Crippen LogP contribution in [0.4, 0.5) is 13.2 Å². The Morgan fingerprint density at radius 3 is 2.60 bits per heavy atom. The second-order valence-corrected chi connectivity index (χ2v) is 6.09. The highest BCUT2D eigenvalue weighted by Gasteiger charge is 2.34. The molecule has 1 aliphatic rings. The summed E-state index contributed by atoms with van der Waals surface area (Å²) in [5.74, 6) is 0. The molecule has 1 aromatic heterocycles. The number of alkyl halides is 3. The fourth-order valence-corrected chi connectivity index (χ4v) is 3.32. The molecule has 0 radical (unpaired) electrons. The maximum Gasteiger partial charge on any atom is 0.418 e. The number of hydrogen-bond acceptors (Lipinski definition) is 3. The van der Waals surface area contributed by atoms with Crippen molar-refractivity contribution in [2.75, 3.05) is 24.6 Å². The SMILES string of the molecule is FC(F)(F)c1cccc2c1ncn2N1CCNC(c2ccccc2)C1. The van der Waals surface area contributed by atoms with E-state index in [4.69, 9.17) is 0 Å². The summed E-state index contributed by atoms with van der Waals surface area (Å²) in [5, 5.41) is 5.49. The second kappa shape index (κ2) is 6.07. The Bertz CT molecular complexity index is 873. The van der Waals surface area contributed by atoms with Crippen LogP contribution >= 0.6 is 0 Å². The largest absolute Gasteiger partial charge is 0.418 e. The maximum atomic E-state index is 13.2. The third-order valence-electron chi connectivity index (χ3n) is 4.52. The number of fused-ring (bicyclic) bond motifs is 1. The number of nitrogens with zero attached hydrogens (tertiary/aromatic N) is 3. The van der Waals surface area contributed by atoms with Crippen LogP contribution in [0.5, 0.6) is 0 Å². The molecule has 0 saturated carbocycles. The van der Waals surface area contributed by atoms with Gasteiger partial charge >= 0.3 is 6.18 Å². The van der Waals surface area contributed by atoms with Gasteiger partial charge in [0.2, 0.25) is 0 Å². The summed E-state index contributed by atoms with van der Waals surface area (Å²) >= 11 is 0. The van der Waals surface area contributed by atoms with Gasteiger partial charge in [-0.1, -0.05) is 36.4 Å². The van der Waals surface area contributed by atoms with Crippen molar-refractivity contribution < 1.29 is 13.2 Å². The van der Waals surface area contributed by atoms with Gasteiger partial charge in [0, 0.05) is 13.1 Å². The molecule has 0 bridgehead atoms. The molecule has 130 valence electrons. The summed E-state index contributed by atoms with van der Waals surface area (Å²) in [6.45, 7) is 2.11. The van der Waals surface area contributed by atoms with Crippen LogP contribution in [0.1, 0.15) is 17.2 Å². The van der Waals surface area contributed by atoms with Gasteiger partial charge in [-0.05, 0) is 17.7 Å². The van der Waals surface area contributed by atoms with Gasteiger partial charge in [0.05, 0.1) is 23.7 Å². The quantitative estimate of drug-likeness (QED) is 0.773. The zero-order valence-electron chi connectivity index (χ0n) is 13.4. The number of piperazine rings is 1. The van der Waals surface area contributed by atoms with E-state index in [9.17, 15) is 13.2 Å². The number of rotatable bonds is 2. The van der Waals surface area contributed by atoms with Gasteiger partial charge in [0.15, 0.2) is 0 Å². The van der Waals surface area contributed by atoms with Gasteiger partial charge < -0.3 is 10.3 Å². The van der Waals surface area contributed by atoms with Gasteiger partial charge in [0.1, 0.15) is 11.8 Å². The number of aromatic nitrogens is 2. The molecule has 1 fully saturated rings. The molecule has 1 atom stereocenters. The molecule has 4 nitrogen and oxygen atoms in total. The molecule has 0 spiro atoms. The molecular weight excluding hydrogens is 329 g/mol. The fourth-order valence-electron chi connectivity index (χ4n) is 3.32. The average Bonchev–Trinajstić information content (AvgIpc) is 3.06. The lowest BCUT2D eigenvalue weighted by Crippen LogP contribution is -2.50. The summed E-state index contributed by atoms with van der Waals surface area (Å²) in [6.07, 6.45) is -2.93. The second-order valence-electron chi connectivity index (χ2n) is 6.09. The van der Waals surface area contributed by atoms with E-state index in [-0.39, 0.29) is 11.6 Å². The van der Waals surface area contributed by atoms with Crippen LogP contribution in [0.2, 0.25) is 0 Å². The first-order valence-corrected chi connectivity index (χ1v) is 8.11. The van der Waals surface area contributed by atoms with Gasteiger partial charge in [-0.25, -0.2) is 9.66 Å². The van der Waals surface area contributed by atoms with E-state index in [2.05, 4.69) is 22.4 Å². The van der Waals surface area contributed by atoms with E-state index in [1.165, 1.54) is 12.4 Å². The number of halogens is 3. The molecule has 1 unspecified atom stereocenters. The van der Waals surface area contributed by atoms with Crippen molar-refractivity contribution in [3.63, 3.8) is 0 Å². The van der Waals surface area contributed by atoms with Crippen molar-refractivity contribution in [1.82, 2.24) is 15.0 Å². The van der Waals surface area contributed by atoms with Crippen molar-refractivity contribution in [3.8, 4) is 0 Å². The number of benzene rings is 2. The van der Waals surface area contributed by atoms with Gasteiger partial charge in [-0.15, -0.1) is 0 Å². The summed E-state index contributed by atoms with van der Waals surface area (Å²) in [4.78, 5) is 4.04. The fraction of sp³-hybridized carbons (Fsp3) is 0.278. The van der Waals surface area contributed by atoms with Crippen LogP contribution in [0, 0.1) is 0 Å². The first kappa shape index (κ1) is 16.0. The monoisotopic (exact) mass is 346 g/mol. The third-order valence-corrected chi connectivity index (χ3v) is 4.52. The number of hydrogen-bond donors (Lipinski definition) is 1. The van der Waals surface area contributed by atoms with Crippen molar-refractivity contribution in [1.29, 1.82) is 0 Å². The van der Waals surface area contributed by atoms with Crippen LogP contribution < -0.4 is 10.3 Å². The topological polar surface area (TPSA) is 33.1 Å². The van der Waals surface area contributed by atoms with E-state index >= 15 is 0 Å². The first-order chi connectivity index (χ1) is 12.0. The van der Waals surface area contributed by atoms with Crippen LogP contribution in [-0.4, -0.2) is 29.3 Å². The predicted molar refractivity (Wildman–Crippen MR) is 89.9 cm³/mol. The van der Waals surface area contributed by atoms with Crippen LogP contribution in [0.15, 0.2) is 54.9 Å². The van der Waals surface area contributed by atoms with E-state index < -0.39 is 11.7 Å². The Kier molecular flexibility index (Phi) is 3.88. The maximum absolute atomic E-state index is 13.2. The van der Waals surface area contributed by atoms with Gasteiger partial charge in [-0.3, -0.25) is 0 Å². The van der Waals surface area contributed by atoms with E-state index in [1.807, 2.05) is 23.2 Å². The standard InChI is InChI=1S/C18H17F3N4/c19-18(20,21)14-7-4-8-16-17(14)23-12-25(16)24-10-9-22-15(11-24)13-5-2-1-3-6-13/h1-8,12,15,22H,9-11H2. The molecule has 0 amide bonds. The Morgan fingerprint density at radius 1 is 1.04 bits per heavy atom. The summed E-state index contributed by atoms with van der Waals surface area (Å²) in [5.41, 5.74) is 0.930. The number of para-hydroxylation sites is 1. The van der Waals surface area contributed by atoms with Crippen LogP contribution in [-0.2, 0) is 6.18 Å². The summed E-state index contributed by atoms with van der Waals surface area (Å²) < 4.78 is 41.3. The lowest BCUT2D eigenvalue weighted by Gasteiger charge is -2.36. The Balaban J connectivity index is 1.68. The average molecular weight is 346 g/mol. The van der Waals surface area contributed by atoms with E-state index in [0.29, 0.717) is 18.6 Å². The number of nitrogens with one attached hydrogen (secondary N) is 1. The summed E-state index contributed by atoms with van der Waals surface area (Å²) in [6, 6.07) is 14.3. The molecule has 2 aromatic carbocycles. The molecule has 25 heavy (non-hydrogen) atoms. The molecule has 1 N–H and O–H groups in total. The molecule has 3 aromatic rings. The van der Waals surface area contributed by atoms with Crippen LogP contribution in [0.25, 0.3) is 11.0 Å². The zero-order valence-corrected chi connectivity index (χ0v) is 13.4. The molecule has 1 aliphatic heterocycles. The Labute approximate surface area is 142 Å². The highest BCUT2D eigenvalue weighted by molar-refractivity contribution is 5.80. The third kappa shape index (κ3) is 2.95.